The van der Waals surface area contributed by atoms with Gasteiger partial charge in [-0.1, -0.05) is 29.8 Å². The number of cyclic esters (lactones) is 1. The van der Waals surface area contributed by atoms with Gasteiger partial charge in [-0.3, -0.25) is 4.90 Å². The molecule has 22 heavy (non-hydrogen) atoms. The second kappa shape index (κ2) is 6.23. The van der Waals surface area contributed by atoms with Crippen LogP contribution in [0.25, 0.3) is 0 Å². The van der Waals surface area contributed by atoms with Gasteiger partial charge in [0.1, 0.15) is 6.61 Å². The maximum absolute atomic E-state index is 13.6. The highest BCUT2D eigenvalue weighted by atomic mass is 35.5. The predicted molar refractivity (Wildman–Crippen MR) is 81.0 cm³/mol. The smallest absolute Gasteiger partial charge is 0.414 e. The molecule has 2 aromatic rings. The lowest BCUT2D eigenvalue weighted by Gasteiger charge is -2.13. The first kappa shape index (κ1) is 14.7. The number of benzene rings is 2. The average molecular weight is 322 g/mol. The Bertz CT molecular complexity index is 680. The first-order valence-corrected chi connectivity index (χ1v) is 7.12. The number of anilines is 1. The third-order valence-corrected chi connectivity index (χ3v) is 3.50. The molecule has 1 aliphatic rings. The van der Waals surface area contributed by atoms with Gasteiger partial charge in [-0.25, -0.2) is 9.18 Å². The lowest BCUT2D eigenvalue weighted by molar-refractivity contribution is 0.103. The van der Waals surface area contributed by atoms with E-state index in [1.165, 1.54) is 23.1 Å². The molecule has 1 amide bonds. The Morgan fingerprint density at radius 1 is 1.27 bits per heavy atom. The van der Waals surface area contributed by atoms with Crippen LogP contribution in [0.1, 0.15) is 0 Å². The maximum Gasteiger partial charge on any atom is 0.414 e. The SMILES string of the molecule is O=C1OC(COc2ccc(Cl)cc2F)CN1c1ccccc1. The van der Waals surface area contributed by atoms with Crippen LogP contribution in [0.3, 0.4) is 0 Å². The first-order chi connectivity index (χ1) is 10.6. The summed E-state index contributed by atoms with van der Waals surface area (Å²) in [7, 11) is 0. The summed E-state index contributed by atoms with van der Waals surface area (Å²) in [6.07, 6.45) is -0.890. The normalized spacial score (nSPS) is 17.5. The topological polar surface area (TPSA) is 38.8 Å². The Hall–Kier alpha value is -2.27. The summed E-state index contributed by atoms with van der Waals surface area (Å²) in [4.78, 5) is 13.4. The Morgan fingerprint density at radius 3 is 2.77 bits per heavy atom. The quantitative estimate of drug-likeness (QED) is 0.857. The molecule has 3 rings (SSSR count). The van der Waals surface area contributed by atoms with Crippen LogP contribution < -0.4 is 9.64 Å². The minimum absolute atomic E-state index is 0.0770. The van der Waals surface area contributed by atoms with E-state index in [4.69, 9.17) is 21.1 Å². The van der Waals surface area contributed by atoms with Crippen molar-refractivity contribution in [2.45, 2.75) is 6.10 Å². The van der Waals surface area contributed by atoms with Crippen LogP contribution in [0.5, 0.6) is 5.75 Å². The highest BCUT2D eigenvalue weighted by Crippen LogP contribution is 2.24. The van der Waals surface area contributed by atoms with Crippen LogP contribution in [-0.2, 0) is 4.74 Å². The second-order valence-corrected chi connectivity index (χ2v) is 5.27. The molecule has 2 aromatic carbocycles. The number of carbonyl (C=O) groups is 1. The molecular weight excluding hydrogens is 309 g/mol. The van der Waals surface area contributed by atoms with Crippen LogP contribution in [0.4, 0.5) is 14.9 Å². The van der Waals surface area contributed by atoms with E-state index >= 15 is 0 Å². The highest BCUT2D eigenvalue weighted by Gasteiger charge is 2.32. The van der Waals surface area contributed by atoms with Crippen molar-refractivity contribution in [1.29, 1.82) is 0 Å². The average Bonchev–Trinajstić information content (AvgIpc) is 2.88. The summed E-state index contributed by atoms with van der Waals surface area (Å²) in [5.41, 5.74) is 0.757. The molecule has 0 aliphatic carbocycles. The first-order valence-electron chi connectivity index (χ1n) is 6.74. The fraction of sp³-hybridized carbons (Fsp3) is 0.188. The van der Waals surface area contributed by atoms with Crippen molar-refractivity contribution in [2.75, 3.05) is 18.1 Å². The molecule has 1 aliphatic heterocycles. The Kier molecular flexibility index (Phi) is 4.15. The van der Waals surface area contributed by atoms with Crippen molar-refractivity contribution in [3.63, 3.8) is 0 Å². The van der Waals surface area contributed by atoms with Crippen LogP contribution in [0.15, 0.2) is 48.5 Å². The van der Waals surface area contributed by atoms with E-state index in [0.717, 1.165) is 5.69 Å². The van der Waals surface area contributed by atoms with Crippen LogP contribution in [0, 0.1) is 5.82 Å². The summed E-state index contributed by atoms with van der Waals surface area (Å²) in [6.45, 7) is 0.436. The van der Waals surface area contributed by atoms with Gasteiger partial charge in [0.15, 0.2) is 17.7 Å². The molecule has 0 bridgehead atoms. The van der Waals surface area contributed by atoms with Crippen LogP contribution in [-0.4, -0.2) is 25.3 Å². The van der Waals surface area contributed by atoms with E-state index in [0.29, 0.717) is 11.6 Å². The van der Waals surface area contributed by atoms with Crippen molar-refractivity contribution >= 4 is 23.4 Å². The molecule has 0 aromatic heterocycles. The lowest BCUT2D eigenvalue weighted by atomic mass is 10.3. The third kappa shape index (κ3) is 3.14. The lowest BCUT2D eigenvalue weighted by Crippen LogP contribution is -2.26. The minimum atomic E-state index is -0.545. The molecule has 1 fully saturated rings. The van der Waals surface area contributed by atoms with E-state index < -0.39 is 18.0 Å². The van der Waals surface area contributed by atoms with E-state index in [1.54, 1.807) is 0 Å². The number of nitrogens with zero attached hydrogens (tertiary/aromatic N) is 1. The Morgan fingerprint density at radius 2 is 2.05 bits per heavy atom. The molecule has 1 saturated heterocycles. The molecule has 114 valence electrons. The van der Waals surface area contributed by atoms with Crippen molar-refractivity contribution < 1.29 is 18.7 Å². The summed E-state index contributed by atoms with van der Waals surface area (Å²) < 4.78 is 24.2. The van der Waals surface area contributed by atoms with E-state index in [2.05, 4.69) is 0 Å². The standard InChI is InChI=1S/C16H13ClFNO3/c17-11-6-7-15(14(18)8-11)21-10-13-9-19(16(20)22-13)12-4-2-1-3-5-12/h1-8,13H,9-10H2. The van der Waals surface area contributed by atoms with Crippen molar-refractivity contribution in [3.8, 4) is 5.75 Å². The molecule has 0 N–H and O–H groups in total. The predicted octanol–water partition coefficient (Wildman–Crippen LogP) is 3.88. The summed E-state index contributed by atoms with van der Waals surface area (Å²) in [5, 5.41) is 0.299. The molecule has 0 spiro atoms. The zero-order valence-corrected chi connectivity index (χ0v) is 12.3. The number of hydrogen-bond acceptors (Lipinski definition) is 3. The summed E-state index contributed by atoms with van der Waals surface area (Å²) >= 11 is 5.68. The van der Waals surface area contributed by atoms with Gasteiger partial charge in [0.2, 0.25) is 0 Å². The van der Waals surface area contributed by atoms with Gasteiger partial charge >= 0.3 is 6.09 Å². The zero-order chi connectivity index (χ0) is 15.5. The Balaban J connectivity index is 1.62. The van der Waals surface area contributed by atoms with E-state index in [9.17, 15) is 9.18 Å². The molecule has 4 nitrogen and oxygen atoms in total. The fourth-order valence-corrected chi connectivity index (χ4v) is 2.36. The van der Waals surface area contributed by atoms with Crippen molar-refractivity contribution in [1.82, 2.24) is 0 Å². The van der Waals surface area contributed by atoms with Crippen molar-refractivity contribution in [2.24, 2.45) is 0 Å². The molecule has 1 heterocycles. The number of para-hydroxylation sites is 1. The number of rotatable bonds is 4. The number of halogens is 2. The van der Waals surface area contributed by atoms with E-state index in [-0.39, 0.29) is 12.4 Å². The number of amides is 1. The maximum atomic E-state index is 13.6. The molecule has 1 unspecified atom stereocenters. The molecule has 0 saturated carbocycles. The third-order valence-electron chi connectivity index (χ3n) is 3.26. The largest absolute Gasteiger partial charge is 0.487 e. The molecule has 1 atom stereocenters. The van der Waals surface area contributed by atoms with Gasteiger partial charge in [0, 0.05) is 10.7 Å². The minimum Gasteiger partial charge on any atom is -0.487 e. The van der Waals surface area contributed by atoms with Gasteiger partial charge in [-0.05, 0) is 30.3 Å². The fourth-order valence-electron chi connectivity index (χ4n) is 2.20. The number of ether oxygens (including phenoxy) is 2. The summed E-state index contributed by atoms with van der Waals surface area (Å²) in [6, 6.07) is 13.4. The van der Waals surface area contributed by atoms with Gasteiger partial charge in [-0.2, -0.15) is 0 Å². The Labute approximate surface area is 132 Å². The molecular formula is C16H13ClFNO3. The molecule has 6 heteroatoms. The van der Waals surface area contributed by atoms with Crippen molar-refractivity contribution in [3.05, 3.63) is 59.4 Å². The monoisotopic (exact) mass is 321 g/mol. The van der Waals surface area contributed by atoms with Gasteiger partial charge in [0.25, 0.3) is 0 Å². The summed E-state index contributed by atoms with van der Waals surface area (Å²) in [5.74, 6) is -0.463. The van der Waals surface area contributed by atoms with Gasteiger partial charge in [-0.15, -0.1) is 0 Å². The van der Waals surface area contributed by atoms with Gasteiger partial charge in [0.05, 0.1) is 6.54 Å². The highest BCUT2D eigenvalue weighted by molar-refractivity contribution is 6.30. The second-order valence-electron chi connectivity index (χ2n) is 4.84. The zero-order valence-electron chi connectivity index (χ0n) is 11.5. The number of carbonyl (C=O) groups excluding carboxylic acids is 1. The molecule has 0 radical (unpaired) electrons. The van der Waals surface area contributed by atoms with Crippen LogP contribution in [0.2, 0.25) is 5.02 Å². The van der Waals surface area contributed by atoms with E-state index in [1.807, 2.05) is 30.3 Å². The number of hydrogen-bond donors (Lipinski definition) is 0. The van der Waals surface area contributed by atoms with Crippen LogP contribution >= 0.6 is 11.6 Å². The van der Waals surface area contributed by atoms with Gasteiger partial charge < -0.3 is 9.47 Å².